The van der Waals surface area contributed by atoms with E-state index in [0.717, 1.165) is 18.4 Å². The van der Waals surface area contributed by atoms with Gasteiger partial charge in [0, 0.05) is 4.47 Å². The number of nitrogens with one attached hydrogen (secondary N) is 1. The summed E-state index contributed by atoms with van der Waals surface area (Å²) in [6, 6.07) is 8.59. The van der Waals surface area contributed by atoms with Gasteiger partial charge in [-0.2, -0.15) is 0 Å². The SMILES string of the molecule is CCC(CC)CC(CNC)Cc1ccccc1Br. The van der Waals surface area contributed by atoms with Gasteiger partial charge in [-0.1, -0.05) is 60.8 Å². The van der Waals surface area contributed by atoms with Gasteiger partial charge >= 0.3 is 0 Å². The van der Waals surface area contributed by atoms with Crippen LogP contribution < -0.4 is 5.32 Å². The maximum atomic E-state index is 3.66. The minimum Gasteiger partial charge on any atom is -0.319 e. The Labute approximate surface area is 120 Å². The average Bonchev–Trinajstić information content (AvgIpc) is 2.38. The topological polar surface area (TPSA) is 12.0 Å². The number of rotatable bonds is 8. The van der Waals surface area contributed by atoms with E-state index >= 15 is 0 Å². The number of benzene rings is 1. The Morgan fingerprint density at radius 3 is 2.33 bits per heavy atom. The summed E-state index contributed by atoms with van der Waals surface area (Å²) in [6.07, 6.45) is 5.09. The average molecular weight is 312 g/mol. The normalized spacial score (nSPS) is 12.9. The Morgan fingerprint density at radius 2 is 1.78 bits per heavy atom. The van der Waals surface area contributed by atoms with E-state index in [0.29, 0.717) is 0 Å². The molecule has 1 N–H and O–H groups in total. The van der Waals surface area contributed by atoms with Crippen LogP contribution in [-0.2, 0) is 6.42 Å². The fourth-order valence-corrected chi connectivity index (χ4v) is 3.04. The monoisotopic (exact) mass is 311 g/mol. The minimum atomic E-state index is 0.735. The maximum Gasteiger partial charge on any atom is 0.0207 e. The van der Waals surface area contributed by atoms with E-state index in [-0.39, 0.29) is 0 Å². The third-order valence-electron chi connectivity index (χ3n) is 3.78. The molecule has 0 spiro atoms. The van der Waals surface area contributed by atoms with E-state index in [2.05, 4.69) is 66.4 Å². The lowest BCUT2D eigenvalue weighted by molar-refractivity contribution is 0.343. The van der Waals surface area contributed by atoms with Gasteiger partial charge < -0.3 is 5.32 Å². The predicted molar refractivity (Wildman–Crippen MR) is 84.0 cm³/mol. The Balaban J connectivity index is 2.65. The largest absolute Gasteiger partial charge is 0.319 e. The predicted octanol–water partition coefficient (Wildman–Crippen LogP) is 4.65. The first kappa shape index (κ1) is 15.7. The number of hydrogen-bond donors (Lipinski definition) is 1. The Morgan fingerprint density at radius 1 is 1.11 bits per heavy atom. The lowest BCUT2D eigenvalue weighted by Crippen LogP contribution is -2.23. The van der Waals surface area contributed by atoms with Gasteiger partial charge in [0.1, 0.15) is 0 Å². The van der Waals surface area contributed by atoms with E-state index in [1.807, 2.05) is 0 Å². The molecule has 0 aliphatic rings. The van der Waals surface area contributed by atoms with Crippen molar-refractivity contribution >= 4 is 15.9 Å². The molecule has 0 aliphatic heterocycles. The molecule has 2 heteroatoms. The summed E-state index contributed by atoms with van der Waals surface area (Å²) in [7, 11) is 2.06. The Hall–Kier alpha value is -0.340. The van der Waals surface area contributed by atoms with Crippen molar-refractivity contribution in [3.63, 3.8) is 0 Å². The van der Waals surface area contributed by atoms with Crippen molar-refractivity contribution in [1.29, 1.82) is 0 Å². The molecular formula is C16H26BrN. The van der Waals surface area contributed by atoms with Crippen molar-refractivity contribution in [1.82, 2.24) is 5.32 Å². The smallest absolute Gasteiger partial charge is 0.0207 e. The van der Waals surface area contributed by atoms with Gasteiger partial charge in [0.2, 0.25) is 0 Å². The van der Waals surface area contributed by atoms with Crippen LogP contribution in [0.3, 0.4) is 0 Å². The molecular weight excluding hydrogens is 286 g/mol. The molecule has 1 rings (SSSR count). The van der Waals surface area contributed by atoms with E-state index in [1.54, 1.807) is 0 Å². The maximum absolute atomic E-state index is 3.66. The third kappa shape index (κ3) is 5.11. The highest BCUT2D eigenvalue weighted by molar-refractivity contribution is 9.10. The van der Waals surface area contributed by atoms with Crippen LogP contribution >= 0.6 is 15.9 Å². The fourth-order valence-electron chi connectivity index (χ4n) is 2.60. The van der Waals surface area contributed by atoms with E-state index < -0.39 is 0 Å². The lowest BCUT2D eigenvalue weighted by Gasteiger charge is -2.22. The molecule has 0 radical (unpaired) electrons. The van der Waals surface area contributed by atoms with Gasteiger partial charge in [0.05, 0.1) is 0 Å². The molecule has 0 amide bonds. The van der Waals surface area contributed by atoms with Gasteiger partial charge in [-0.15, -0.1) is 0 Å². The van der Waals surface area contributed by atoms with Crippen LogP contribution in [-0.4, -0.2) is 13.6 Å². The summed E-state index contributed by atoms with van der Waals surface area (Å²) < 4.78 is 1.25. The van der Waals surface area contributed by atoms with Crippen molar-refractivity contribution in [2.75, 3.05) is 13.6 Å². The summed E-state index contributed by atoms with van der Waals surface area (Å²) in [5, 5.41) is 3.35. The Kier molecular flexibility index (Phi) is 7.60. The van der Waals surface area contributed by atoms with Crippen LogP contribution in [0.25, 0.3) is 0 Å². The lowest BCUT2D eigenvalue weighted by atomic mass is 9.87. The Bertz CT molecular complexity index is 334. The fraction of sp³-hybridized carbons (Fsp3) is 0.625. The highest BCUT2D eigenvalue weighted by atomic mass is 79.9. The number of hydrogen-bond acceptors (Lipinski definition) is 1. The summed E-state index contributed by atoms with van der Waals surface area (Å²) in [5.74, 6) is 1.60. The number of halogens is 1. The van der Waals surface area contributed by atoms with Crippen LogP contribution in [0.1, 0.15) is 38.7 Å². The second-order valence-corrected chi connectivity index (χ2v) is 5.99. The van der Waals surface area contributed by atoms with E-state index in [1.165, 1.54) is 35.7 Å². The molecule has 1 unspecified atom stereocenters. The quantitative estimate of drug-likeness (QED) is 0.736. The molecule has 0 aromatic heterocycles. The zero-order valence-corrected chi connectivity index (χ0v) is 13.5. The molecule has 0 saturated carbocycles. The molecule has 18 heavy (non-hydrogen) atoms. The molecule has 0 aliphatic carbocycles. The van der Waals surface area contributed by atoms with Crippen LogP contribution in [0.2, 0.25) is 0 Å². The first-order chi connectivity index (χ1) is 8.71. The van der Waals surface area contributed by atoms with E-state index in [4.69, 9.17) is 0 Å². The second kappa shape index (κ2) is 8.71. The summed E-state index contributed by atoms with van der Waals surface area (Å²) in [4.78, 5) is 0. The first-order valence-electron chi connectivity index (χ1n) is 7.09. The van der Waals surface area contributed by atoms with Crippen molar-refractivity contribution in [3.05, 3.63) is 34.3 Å². The van der Waals surface area contributed by atoms with Crippen LogP contribution in [0.5, 0.6) is 0 Å². The summed E-state index contributed by atoms with van der Waals surface area (Å²) >= 11 is 3.66. The van der Waals surface area contributed by atoms with Crippen molar-refractivity contribution in [2.45, 2.75) is 39.5 Å². The second-order valence-electron chi connectivity index (χ2n) is 5.14. The van der Waals surface area contributed by atoms with Crippen molar-refractivity contribution in [3.8, 4) is 0 Å². The van der Waals surface area contributed by atoms with Gasteiger partial charge in [-0.3, -0.25) is 0 Å². The minimum absolute atomic E-state index is 0.735. The molecule has 1 aromatic carbocycles. The van der Waals surface area contributed by atoms with Gasteiger partial charge in [0.15, 0.2) is 0 Å². The van der Waals surface area contributed by atoms with Gasteiger partial charge in [-0.25, -0.2) is 0 Å². The van der Waals surface area contributed by atoms with E-state index in [9.17, 15) is 0 Å². The molecule has 0 bridgehead atoms. The summed E-state index contributed by atoms with van der Waals surface area (Å²) in [5.41, 5.74) is 1.43. The molecule has 0 heterocycles. The van der Waals surface area contributed by atoms with Crippen molar-refractivity contribution in [2.24, 2.45) is 11.8 Å². The highest BCUT2D eigenvalue weighted by Gasteiger charge is 2.15. The molecule has 1 nitrogen and oxygen atoms in total. The van der Waals surface area contributed by atoms with Gasteiger partial charge in [-0.05, 0) is 49.9 Å². The zero-order valence-electron chi connectivity index (χ0n) is 11.9. The standard InChI is InChI=1S/C16H26BrN/c1-4-13(5-2)10-14(12-18-3)11-15-8-6-7-9-16(15)17/h6-9,13-14,18H,4-5,10-12H2,1-3H3. The highest BCUT2D eigenvalue weighted by Crippen LogP contribution is 2.25. The molecule has 0 saturated heterocycles. The van der Waals surface area contributed by atoms with Crippen LogP contribution in [0.4, 0.5) is 0 Å². The zero-order chi connectivity index (χ0) is 13.4. The molecule has 1 atom stereocenters. The molecule has 102 valence electrons. The van der Waals surface area contributed by atoms with Crippen LogP contribution in [0.15, 0.2) is 28.7 Å². The molecule has 0 fully saturated rings. The third-order valence-corrected chi connectivity index (χ3v) is 4.55. The van der Waals surface area contributed by atoms with Crippen molar-refractivity contribution < 1.29 is 0 Å². The van der Waals surface area contributed by atoms with Gasteiger partial charge in [0.25, 0.3) is 0 Å². The first-order valence-corrected chi connectivity index (χ1v) is 7.88. The molecule has 1 aromatic rings. The van der Waals surface area contributed by atoms with Crippen LogP contribution in [0, 0.1) is 11.8 Å². The summed E-state index contributed by atoms with van der Waals surface area (Å²) in [6.45, 7) is 5.73.